The maximum absolute atomic E-state index is 13.9. The van der Waals surface area contributed by atoms with E-state index in [1.54, 1.807) is 24.3 Å². The van der Waals surface area contributed by atoms with Gasteiger partial charge in [-0.05, 0) is 42.5 Å². The minimum absolute atomic E-state index is 0.00169. The molecule has 0 saturated heterocycles. The number of benzene rings is 3. The summed E-state index contributed by atoms with van der Waals surface area (Å²) in [5, 5.41) is 5.30. The van der Waals surface area contributed by atoms with Gasteiger partial charge in [-0.15, -0.1) is 0 Å². The number of fused-ring (bicyclic) bond motifs is 1. The first kappa shape index (κ1) is 26.3. The van der Waals surface area contributed by atoms with Crippen molar-refractivity contribution >= 4 is 63.1 Å². The topological polar surface area (TPSA) is 79.3 Å². The number of halogens is 5. The van der Waals surface area contributed by atoms with E-state index < -0.39 is 30.4 Å². The van der Waals surface area contributed by atoms with Crippen LogP contribution in [0, 0.1) is 0 Å². The Morgan fingerprint density at radius 2 is 1.62 bits per heavy atom. The average molecular weight is 550 g/mol. The zero-order chi connectivity index (χ0) is 26.9. The molecule has 0 unspecified atom stereocenters. The van der Waals surface area contributed by atoms with Crippen LogP contribution in [0.25, 0.3) is 11.0 Å². The van der Waals surface area contributed by atoms with Crippen molar-refractivity contribution in [3.63, 3.8) is 0 Å². The molecule has 0 aliphatic carbocycles. The van der Waals surface area contributed by atoms with Gasteiger partial charge in [0.05, 0.1) is 26.8 Å². The Labute approximate surface area is 219 Å². The van der Waals surface area contributed by atoms with Gasteiger partial charge < -0.3 is 20.1 Å². The molecule has 7 nitrogen and oxygen atoms in total. The molecule has 0 aliphatic heterocycles. The van der Waals surface area contributed by atoms with Crippen molar-refractivity contribution in [2.75, 3.05) is 29.6 Å². The molecule has 1 aromatic heterocycles. The maximum atomic E-state index is 13.9. The van der Waals surface area contributed by atoms with Crippen LogP contribution in [0.2, 0.25) is 10.0 Å². The molecule has 2 N–H and O–H groups in total. The number of amides is 2. The van der Waals surface area contributed by atoms with Crippen LogP contribution >= 0.6 is 23.2 Å². The summed E-state index contributed by atoms with van der Waals surface area (Å²) in [5.41, 5.74) is 1.07. The molecule has 4 rings (SSSR count). The molecule has 4 aromatic rings. The third kappa shape index (κ3) is 5.65. The van der Waals surface area contributed by atoms with Gasteiger partial charge >= 0.3 is 6.18 Å². The monoisotopic (exact) mass is 549 g/mol. The predicted molar refractivity (Wildman–Crippen MR) is 139 cm³/mol. The number of carbonyl (C=O) groups is 2. The lowest BCUT2D eigenvalue weighted by atomic mass is 10.2. The van der Waals surface area contributed by atoms with Crippen LogP contribution in [-0.4, -0.2) is 35.5 Å². The molecule has 0 bridgehead atoms. The van der Waals surface area contributed by atoms with Gasteiger partial charge in [-0.3, -0.25) is 9.59 Å². The quantitative estimate of drug-likeness (QED) is 0.295. The first-order valence-corrected chi connectivity index (χ1v) is 11.6. The Kier molecular flexibility index (Phi) is 7.33. The number of hydrogen-bond donors (Lipinski definition) is 2. The van der Waals surface area contributed by atoms with Crippen LogP contribution in [0.3, 0.4) is 0 Å². The van der Waals surface area contributed by atoms with Crippen LogP contribution in [0.15, 0.2) is 60.7 Å². The lowest BCUT2D eigenvalue weighted by Crippen LogP contribution is -2.23. The minimum atomic E-state index is -4.86. The summed E-state index contributed by atoms with van der Waals surface area (Å²) >= 11 is 12.2. The summed E-state index contributed by atoms with van der Waals surface area (Å²) in [5.74, 6) is -2.68. The van der Waals surface area contributed by atoms with Crippen molar-refractivity contribution in [1.82, 2.24) is 9.55 Å². The molecule has 1 heterocycles. The molecule has 192 valence electrons. The number of nitrogens with zero attached hydrogens (tertiary/aromatic N) is 3. The van der Waals surface area contributed by atoms with Crippen molar-refractivity contribution in [3.8, 4) is 0 Å². The third-order valence-electron chi connectivity index (χ3n) is 5.42. The normalized spacial score (nSPS) is 11.4. The minimum Gasteiger partial charge on any atom is -0.378 e. The highest BCUT2D eigenvalue weighted by Gasteiger charge is 2.38. The van der Waals surface area contributed by atoms with Gasteiger partial charge in [0.25, 0.3) is 5.91 Å². The van der Waals surface area contributed by atoms with E-state index in [1.165, 1.54) is 30.3 Å². The Balaban J connectivity index is 1.69. The molecule has 12 heteroatoms. The summed E-state index contributed by atoms with van der Waals surface area (Å²) in [7, 11) is 3.65. The van der Waals surface area contributed by atoms with Gasteiger partial charge in [-0.25, -0.2) is 4.98 Å². The smallest absolute Gasteiger partial charge is 0.378 e. The Hall–Kier alpha value is -3.76. The SMILES string of the molecule is CN(C)c1cccc(NC(=O)Cn2c(C(F)(F)F)nc3c(NC(=O)c4c(Cl)cccc4Cl)cccc32)c1. The maximum Gasteiger partial charge on any atom is 0.449 e. The predicted octanol–water partition coefficient (Wildman–Crippen LogP) is 6.32. The number of carbonyl (C=O) groups excluding carboxylic acids is 2. The van der Waals surface area contributed by atoms with Gasteiger partial charge in [0.15, 0.2) is 0 Å². The standard InChI is InChI=1S/C25H20Cl2F3N5O2/c1-34(2)15-7-3-6-14(12-15)31-20(36)13-35-19-11-5-10-18(22(19)33-24(35)25(28,29)30)32-23(37)21-16(26)8-4-9-17(21)27/h3-12H,13H2,1-2H3,(H,31,36)(H,32,37). The van der Waals surface area contributed by atoms with Crippen LogP contribution in [0.1, 0.15) is 16.2 Å². The highest BCUT2D eigenvalue weighted by Crippen LogP contribution is 2.34. The number of nitrogens with one attached hydrogen (secondary N) is 2. The summed E-state index contributed by atoms with van der Waals surface area (Å²) < 4.78 is 42.5. The van der Waals surface area contributed by atoms with Gasteiger partial charge in [0.1, 0.15) is 12.1 Å². The molecule has 0 aliphatic rings. The van der Waals surface area contributed by atoms with Crippen LogP contribution in [0.5, 0.6) is 0 Å². The van der Waals surface area contributed by atoms with Crippen LogP contribution in [0.4, 0.5) is 30.2 Å². The largest absolute Gasteiger partial charge is 0.449 e. The lowest BCUT2D eigenvalue weighted by molar-refractivity contribution is -0.147. The summed E-state index contributed by atoms with van der Waals surface area (Å²) in [4.78, 5) is 31.2. The van der Waals surface area contributed by atoms with Gasteiger partial charge in [0, 0.05) is 25.5 Å². The van der Waals surface area contributed by atoms with E-state index in [1.807, 2.05) is 25.1 Å². The molecule has 3 aromatic carbocycles. The molecule has 0 atom stereocenters. The zero-order valence-electron chi connectivity index (χ0n) is 19.5. The first-order chi connectivity index (χ1) is 17.5. The number of hydrogen-bond acceptors (Lipinski definition) is 4. The van der Waals surface area contributed by atoms with Crippen LogP contribution < -0.4 is 15.5 Å². The second-order valence-electron chi connectivity index (χ2n) is 8.24. The molecule has 2 amide bonds. The third-order valence-corrected chi connectivity index (χ3v) is 6.05. The number of rotatable bonds is 6. The fourth-order valence-corrected chi connectivity index (χ4v) is 4.30. The number of anilines is 3. The highest BCUT2D eigenvalue weighted by atomic mass is 35.5. The van der Waals surface area contributed by atoms with Crippen molar-refractivity contribution in [2.45, 2.75) is 12.7 Å². The van der Waals surface area contributed by atoms with E-state index >= 15 is 0 Å². The first-order valence-electron chi connectivity index (χ1n) is 10.8. The van der Waals surface area contributed by atoms with Crippen molar-refractivity contribution in [3.05, 3.63) is 82.1 Å². The average Bonchev–Trinajstić information content (AvgIpc) is 3.19. The number of aromatic nitrogens is 2. The molecule has 0 fully saturated rings. The second kappa shape index (κ2) is 10.3. The molecular formula is C25H20Cl2F3N5O2. The van der Waals surface area contributed by atoms with E-state index in [-0.39, 0.29) is 32.3 Å². The Morgan fingerprint density at radius 3 is 2.27 bits per heavy atom. The molecule has 0 spiro atoms. The molecule has 0 saturated carbocycles. The highest BCUT2D eigenvalue weighted by molar-refractivity contribution is 6.40. The van der Waals surface area contributed by atoms with Crippen molar-refractivity contribution in [1.29, 1.82) is 0 Å². The van der Waals surface area contributed by atoms with E-state index in [4.69, 9.17) is 23.2 Å². The van der Waals surface area contributed by atoms with Gasteiger partial charge in [0.2, 0.25) is 11.7 Å². The number of alkyl halides is 3. The number of imidazole rings is 1. The summed E-state index contributed by atoms with van der Waals surface area (Å²) in [6, 6.07) is 15.6. The molecule has 37 heavy (non-hydrogen) atoms. The number of para-hydroxylation sites is 1. The van der Waals surface area contributed by atoms with Crippen LogP contribution in [-0.2, 0) is 17.5 Å². The van der Waals surface area contributed by atoms with Crippen molar-refractivity contribution in [2.24, 2.45) is 0 Å². The van der Waals surface area contributed by atoms with E-state index in [0.29, 0.717) is 5.69 Å². The summed E-state index contributed by atoms with van der Waals surface area (Å²) in [6.07, 6.45) is -4.86. The van der Waals surface area contributed by atoms with Gasteiger partial charge in [-0.2, -0.15) is 13.2 Å². The Morgan fingerprint density at radius 1 is 0.973 bits per heavy atom. The van der Waals surface area contributed by atoms with E-state index in [2.05, 4.69) is 15.6 Å². The summed E-state index contributed by atoms with van der Waals surface area (Å²) in [6.45, 7) is -0.661. The fourth-order valence-electron chi connectivity index (χ4n) is 3.73. The molecule has 0 radical (unpaired) electrons. The van der Waals surface area contributed by atoms with E-state index in [0.717, 1.165) is 10.3 Å². The Bertz CT molecular complexity index is 1480. The molecular weight excluding hydrogens is 530 g/mol. The van der Waals surface area contributed by atoms with E-state index in [9.17, 15) is 22.8 Å². The van der Waals surface area contributed by atoms with Crippen molar-refractivity contribution < 1.29 is 22.8 Å². The zero-order valence-corrected chi connectivity index (χ0v) is 21.0. The second-order valence-corrected chi connectivity index (χ2v) is 9.05. The lowest BCUT2D eigenvalue weighted by Gasteiger charge is -2.15. The van der Waals surface area contributed by atoms with Gasteiger partial charge in [-0.1, -0.05) is 41.4 Å². The fraction of sp³-hybridized carbons (Fsp3) is 0.160.